The van der Waals surface area contributed by atoms with Crippen molar-refractivity contribution in [3.63, 3.8) is 0 Å². The van der Waals surface area contributed by atoms with Gasteiger partial charge >= 0.3 is 0 Å². The third-order valence-electron chi connectivity index (χ3n) is 5.00. The molecule has 1 fully saturated rings. The molecule has 0 saturated carbocycles. The molecular formula is C17H29N3. The fraction of sp³-hybridized carbons (Fsp3) is 0.647. The first-order valence-electron chi connectivity index (χ1n) is 7.88. The van der Waals surface area contributed by atoms with Gasteiger partial charge in [0, 0.05) is 18.6 Å². The summed E-state index contributed by atoms with van der Waals surface area (Å²) < 4.78 is 0. The van der Waals surface area contributed by atoms with Gasteiger partial charge < -0.3 is 10.6 Å². The molecule has 0 atom stereocenters. The number of hydrogen-bond acceptors (Lipinski definition) is 3. The van der Waals surface area contributed by atoms with E-state index in [4.69, 9.17) is 5.73 Å². The molecule has 1 aromatic rings. The van der Waals surface area contributed by atoms with E-state index in [0.29, 0.717) is 0 Å². The van der Waals surface area contributed by atoms with Crippen LogP contribution in [-0.4, -0.2) is 55.1 Å². The van der Waals surface area contributed by atoms with Gasteiger partial charge in [-0.3, -0.25) is 4.90 Å². The smallest absolute Gasteiger partial charge is 0.0353 e. The van der Waals surface area contributed by atoms with Crippen LogP contribution in [0.25, 0.3) is 0 Å². The molecule has 2 rings (SSSR count). The van der Waals surface area contributed by atoms with Crippen molar-refractivity contribution in [2.24, 2.45) is 5.73 Å². The predicted molar refractivity (Wildman–Crippen MR) is 85.9 cm³/mol. The molecule has 0 aromatic heterocycles. The molecule has 0 aliphatic carbocycles. The lowest BCUT2D eigenvalue weighted by molar-refractivity contribution is 0.0479. The highest BCUT2D eigenvalue weighted by atomic mass is 15.2. The molecule has 1 saturated heterocycles. The first-order chi connectivity index (χ1) is 9.70. The molecule has 1 aliphatic rings. The standard InChI is InChI=1S/C17H29N3/c1-3-20-13-10-17(15-18,11-14-20)19(2)12-9-16-7-5-4-6-8-16/h4-8H,3,9-15,18H2,1-2H3. The van der Waals surface area contributed by atoms with Crippen molar-refractivity contribution in [2.75, 3.05) is 39.8 Å². The SMILES string of the molecule is CCN1CCC(CN)(N(C)CCc2ccccc2)CC1. The van der Waals surface area contributed by atoms with Crippen LogP contribution in [0.1, 0.15) is 25.3 Å². The number of likely N-dealkylation sites (N-methyl/N-ethyl adjacent to an activating group) is 1. The summed E-state index contributed by atoms with van der Waals surface area (Å²) in [5.41, 5.74) is 7.76. The van der Waals surface area contributed by atoms with Crippen LogP contribution in [0, 0.1) is 0 Å². The van der Waals surface area contributed by atoms with Gasteiger partial charge in [-0.25, -0.2) is 0 Å². The minimum Gasteiger partial charge on any atom is -0.329 e. The Kier molecular flexibility index (Phi) is 5.58. The maximum absolute atomic E-state index is 6.13. The Morgan fingerprint density at radius 1 is 1.20 bits per heavy atom. The molecule has 0 spiro atoms. The number of nitrogens with two attached hydrogens (primary N) is 1. The molecule has 0 radical (unpaired) electrons. The molecule has 1 aromatic carbocycles. The maximum Gasteiger partial charge on any atom is 0.0353 e. The zero-order valence-electron chi connectivity index (χ0n) is 13.0. The normalized spacial score (nSPS) is 19.4. The van der Waals surface area contributed by atoms with Crippen molar-refractivity contribution in [2.45, 2.75) is 31.7 Å². The fourth-order valence-electron chi connectivity index (χ4n) is 3.21. The lowest BCUT2D eigenvalue weighted by Crippen LogP contribution is -2.58. The molecule has 2 N–H and O–H groups in total. The Morgan fingerprint density at radius 2 is 1.85 bits per heavy atom. The number of piperidine rings is 1. The van der Waals surface area contributed by atoms with Crippen molar-refractivity contribution in [1.29, 1.82) is 0 Å². The third-order valence-corrected chi connectivity index (χ3v) is 5.00. The van der Waals surface area contributed by atoms with Crippen molar-refractivity contribution in [1.82, 2.24) is 9.80 Å². The lowest BCUT2D eigenvalue weighted by Gasteiger charge is -2.47. The van der Waals surface area contributed by atoms with E-state index in [9.17, 15) is 0 Å². The molecule has 112 valence electrons. The zero-order chi connectivity index (χ0) is 14.4. The topological polar surface area (TPSA) is 32.5 Å². The van der Waals surface area contributed by atoms with Gasteiger partial charge in [-0.15, -0.1) is 0 Å². The summed E-state index contributed by atoms with van der Waals surface area (Å²) in [6.45, 7) is 7.64. The molecule has 3 heteroatoms. The Hall–Kier alpha value is -0.900. The fourth-order valence-corrected chi connectivity index (χ4v) is 3.21. The predicted octanol–water partition coefficient (Wildman–Crippen LogP) is 1.97. The van der Waals surface area contributed by atoms with Crippen molar-refractivity contribution in [3.05, 3.63) is 35.9 Å². The Labute approximate surface area is 123 Å². The Morgan fingerprint density at radius 3 is 2.40 bits per heavy atom. The van der Waals surface area contributed by atoms with Gasteiger partial charge in [-0.05, 0) is 51.5 Å². The van der Waals surface area contributed by atoms with Crippen LogP contribution < -0.4 is 5.73 Å². The molecule has 20 heavy (non-hydrogen) atoms. The molecule has 1 heterocycles. The second-order valence-corrected chi connectivity index (χ2v) is 6.02. The van der Waals surface area contributed by atoms with Crippen LogP contribution in [0.15, 0.2) is 30.3 Å². The molecular weight excluding hydrogens is 246 g/mol. The van der Waals surface area contributed by atoms with E-state index >= 15 is 0 Å². The van der Waals surface area contributed by atoms with E-state index in [1.165, 1.54) is 31.5 Å². The number of rotatable bonds is 6. The van der Waals surface area contributed by atoms with Crippen molar-refractivity contribution >= 4 is 0 Å². The van der Waals surface area contributed by atoms with Gasteiger partial charge in [-0.1, -0.05) is 37.3 Å². The first-order valence-corrected chi connectivity index (χ1v) is 7.88. The molecule has 0 unspecified atom stereocenters. The maximum atomic E-state index is 6.13. The van der Waals surface area contributed by atoms with Gasteiger partial charge in [0.15, 0.2) is 0 Å². The van der Waals surface area contributed by atoms with Gasteiger partial charge in [-0.2, -0.15) is 0 Å². The van der Waals surface area contributed by atoms with E-state index < -0.39 is 0 Å². The van der Waals surface area contributed by atoms with Crippen LogP contribution in [0.2, 0.25) is 0 Å². The number of likely N-dealkylation sites (tertiary alicyclic amines) is 1. The highest BCUT2D eigenvalue weighted by molar-refractivity contribution is 5.15. The minimum atomic E-state index is 0.209. The summed E-state index contributed by atoms with van der Waals surface area (Å²) in [6.07, 6.45) is 3.50. The number of benzene rings is 1. The van der Waals surface area contributed by atoms with Crippen molar-refractivity contribution in [3.8, 4) is 0 Å². The second kappa shape index (κ2) is 7.21. The largest absolute Gasteiger partial charge is 0.329 e. The number of nitrogens with zero attached hydrogens (tertiary/aromatic N) is 2. The summed E-state index contributed by atoms with van der Waals surface area (Å²) in [7, 11) is 2.25. The van der Waals surface area contributed by atoms with E-state index in [1.54, 1.807) is 0 Å². The Bertz CT molecular complexity index is 382. The summed E-state index contributed by atoms with van der Waals surface area (Å²) >= 11 is 0. The van der Waals surface area contributed by atoms with Crippen molar-refractivity contribution < 1.29 is 0 Å². The summed E-state index contributed by atoms with van der Waals surface area (Å²) in [6, 6.07) is 10.7. The van der Waals surface area contributed by atoms with Gasteiger partial charge in [0.2, 0.25) is 0 Å². The highest BCUT2D eigenvalue weighted by Crippen LogP contribution is 2.27. The van der Waals surface area contributed by atoms with Crippen LogP contribution >= 0.6 is 0 Å². The monoisotopic (exact) mass is 275 g/mol. The molecule has 0 amide bonds. The van der Waals surface area contributed by atoms with Gasteiger partial charge in [0.05, 0.1) is 0 Å². The quantitative estimate of drug-likeness (QED) is 0.861. The van der Waals surface area contributed by atoms with Gasteiger partial charge in [0.25, 0.3) is 0 Å². The molecule has 1 aliphatic heterocycles. The van der Waals surface area contributed by atoms with E-state index in [2.05, 4.69) is 54.1 Å². The minimum absolute atomic E-state index is 0.209. The van der Waals surface area contributed by atoms with Crippen LogP contribution in [0.4, 0.5) is 0 Å². The first kappa shape index (κ1) is 15.5. The zero-order valence-corrected chi connectivity index (χ0v) is 13.0. The molecule has 0 bridgehead atoms. The number of hydrogen-bond donors (Lipinski definition) is 1. The second-order valence-electron chi connectivity index (χ2n) is 6.02. The Balaban J connectivity index is 1.90. The van der Waals surface area contributed by atoms with E-state index in [-0.39, 0.29) is 5.54 Å². The average Bonchev–Trinajstić information content (AvgIpc) is 2.53. The van der Waals surface area contributed by atoms with E-state index in [1.807, 2.05) is 0 Å². The highest BCUT2D eigenvalue weighted by Gasteiger charge is 2.36. The van der Waals surface area contributed by atoms with E-state index in [0.717, 1.165) is 26.1 Å². The summed E-state index contributed by atoms with van der Waals surface area (Å²) in [5, 5.41) is 0. The summed E-state index contributed by atoms with van der Waals surface area (Å²) in [4.78, 5) is 5.03. The average molecular weight is 275 g/mol. The third kappa shape index (κ3) is 3.60. The van der Waals surface area contributed by atoms with Gasteiger partial charge in [0.1, 0.15) is 0 Å². The lowest BCUT2D eigenvalue weighted by atomic mass is 9.85. The molecule has 3 nitrogen and oxygen atoms in total. The van der Waals surface area contributed by atoms with Crippen LogP contribution in [-0.2, 0) is 6.42 Å². The summed E-state index contributed by atoms with van der Waals surface area (Å²) in [5.74, 6) is 0. The van der Waals surface area contributed by atoms with Crippen LogP contribution in [0.5, 0.6) is 0 Å². The van der Waals surface area contributed by atoms with Crippen LogP contribution in [0.3, 0.4) is 0 Å².